The van der Waals surface area contributed by atoms with E-state index < -0.39 is 0 Å². The van der Waals surface area contributed by atoms with Crippen molar-refractivity contribution in [3.8, 4) is 0 Å². The summed E-state index contributed by atoms with van der Waals surface area (Å²) in [5.41, 5.74) is 2.27. The maximum Gasteiger partial charge on any atom is 0.182 e. The standard InChI is InChI=1S/C19H28N4S5/c1-5-20(6-2)18(25)27-13-22-15-11-9-10-12-16(15)23(17(22)24)14-28-19(26)21(7-3)8-4/h9-12H,5-8,13-14H2,1-4H3. The number of thioether (sulfide) groups is 2. The molecule has 154 valence electrons. The van der Waals surface area contributed by atoms with Crippen molar-refractivity contribution < 1.29 is 0 Å². The van der Waals surface area contributed by atoms with Crippen LogP contribution in [0.25, 0.3) is 11.0 Å². The maximum atomic E-state index is 5.83. The number of hydrogen-bond donors (Lipinski definition) is 0. The Kier molecular flexibility index (Phi) is 9.76. The van der Waals surface area contributed by atoms with Crippen molar-refractivity contribution in [1.29, 1.82) is 0 Å². The molecule has 9 heteroatoms. The molecule has 0 radical (unpaired) electrons. The predicted molar refractivity (Wildman–Crippen MR) is 137 cm³/mol. The molecule has 0 fully saturated rings. The van der Waals surface area contributed by atoms with Crippen LogP contribution >= 0.6 is 60.2 Å². The molecule has 4 nitrogen and oxygen atoms in total. The number of imidazole rings is 1. The van der Waals surface area contributed by atoms with Crippen molar-refractivity contribution in [2.75, 3.05) is 26.2 Å². The van der Waals surface area contributed by atoms with Gasteiger partial charge in [0.2, 0.25) is 0 Å². The van der Waals surface area contributed by atoms with Crippen LogP contribution in [0.3, 0.4) is 0 Å². The third-order valence-corrected chi connectivity index (χ3v) is 8.05. The number of rotatable bonds is 8. The zero-order valence-electron chi connectivity index (χ0n) is 16.9. The first-order valence-corrected chi connectivity index (χ1v) is 12.7. The smallest absolute Gasteiger partial charge is 0.182 e. The molecule has 1 heterocycles. The minimum Gasteiger partial charge on any atom is -0.358 e. The maximum absolute atomic E-state index is 5.83. The number of benzene rings is 1. The van der Waals surface area contributed by atoms with E-state index in [1.54, 1.807) is 23.5 Å². The molecule has 2 rings (SSSR count). The summed E-state index contributed by atoms with van der Waals surface area (Å²) in [6.45, 7) is 12.2. The van der Waals surface area contributed by atoms with Gasteiger partial charge in [0.15, 0.2) is 4.77 Å². The van der Waals surface area contributed by atoms with E-state index in [1.807, 2.05) is 0 Å². The quantitative estimate of drug-likeness (QED) is 0.445. The van der Waals surface area contributed by atoms with Crippen molar-refractivity contribution >= 4 is 79.9 Å². The van der Waals surface area contributed by atoms with Gasteiger partial charge in [0.05, 0.1) is 22.8 Å². The number of para-hydroxylation sites is 2. The molecule has 0 saturated heterocycles. The summed E-state index contributed by atoms with van der Waals surface area (Å²) >= 11 is 20.3. The van der Waals surface area contributed by atoms with Gasteiger partial charge in [0, 0.05) is 26.2 Å². The minimum absolute atomic E-state index is 0.715. The van der Waals surface area contributed by atoms with Crippen molar-refractivity contribution in [1.82, 2.24) is 18.9 Å². The molecule has 2 aromatic rings. The van der Waals surface area contributed by atoms with Crippen molar-refractivity contribution in [3.05, 3.63) is 29.0 Å². The Morgan fingerprint density at radius 3 is 1.46 bits per heavy atom. The second-order valence-electron chi connectivity index (χ2n) is 6.05. The monoisotopic (exact) mass is 472 g/mol. The summed E-state index contributed by atoms with van der Waals surface area (Å²) < 4.78 is 6.99. The van der Waals surface area contributed by atoms with Crippen LogP contribution in [0.1, 0.15) is 27.7 Å². The molecule has 0 atom stereocenters. The van der Waals surface area contributed by atoms with Gasteiger partial charge in [-0.05, 0) is 52.0 Å². The topological polar surface area (TPSA) is 16.3 Å². The van der Waals surface area contributed by atoms with Gasteiger partial charge < -0.3 is 18.9 Å². The molecule has 0 amide bonds. The van der Waals surface area contributed by atoms with Crippen molar-refractivity contribution in [3.63, 3.8) is 0 Å². The Bertz CT molecular complexity index is 797. The summed E-state index contributed by atoms with van der Waals surface area (Å²) in [5.74, 6) is 1.43. The predicted octanol–water partition coefficient (Wildman–Crippen LogP) is 5.81. The molecule has 0 saturated carbocycles. The van der Waals surface area contributed by atoms with Crippen LogP contribution in [0.2, 0.25) is 0 Å². The lowest BCUT2D eigenvalue weighted by atomic mass is 10.3. The lowest BCUT2D eigenvalue weighted by Crippen LogP contribution is -2.27. The van der Waals surface area contributed by atoms with E-state index in [-0.39, 0.29) is 0 Å². The Balaban J connectivity index is 2.24. The van der Waals surface area contributed by atoms with Gasteiger partial charge in [0.1, 0.15) is 8.64 Å². The molecule has 0 aliphatic rings. The van der Waals surface area contributed by atoms with E-state index in [9.17, 15) is 0 Å². The number of fused-ring (bicyclic) bond motifs is 1. The van der Waals surface area contributed by atoms with Crippen LogP contribution in [0, 0.1) is 4.77 Å². The van der Waals surface area contributed by atoms with E-state index in [0.717, 1.165) is 50.6 Å². The van der Waals surface area contributed by atoms with Gasteiger partial charge >= 0.3 is 0 Å². The fourth-order valence-electron chi connectivity index (χ4n) is 2.91. The fraction of sp³-hybridized carbons (Fsp3) is 0.526. The van der Waals surface area contributed by atoms with Gasteiger partial charge in [-0.15, -0.1) is 0 Å². The van der Waals surface area contributed by atoms with Crippen molar-refractivity contribution in [2.45, 2.75) is 39.4 Å². The first-order chi connectivity index (χ1) is 13.5. The first-order valence-electron chi connectivity index (χ1n) is 9.49. The molecule has 0 N–H and O–H groups in total. The summed E-state index contributed by atoms with van der Waals surface area (Å²) in [6.07, 6.45) is 0. The summed E-state index contributed by atoms with van der Waals surface area (Å²) in [7, 11) is 0. The molecular formula is C19H28N4S5. The second-order valence-corrected chi connectivity index (χ2v) is 9.57. The number of aromatic nitrogens is 2. The first kappa shape index (κ1) is 23.7. The zero-order valence-corrected chi connectivity index (χ0v) is 21.0. The normalized spacial score (nSPS) is 11.0. The highest BCUT2D eigenvalue weighted by Crippen LogP contribution is 2.24. The average Bonchev–Trinajstić information content (AvgIpc) is 2.97. The van der Waals surface area contributed by atoms with Gasteiger partial charge in [0.25, 0.3) is 0 Å². The van der Waals surface area contributed by atoms with Gasteiger partial charge in [-0.3, -0.25) is 0 Å². The van der Waals surface area contributed by atoms with Gasteiger partial charge in [-0.2, -0.15) is 0 Å². The Hall–Kier alpha value is -0.610. The van der Waals surface area contributed by atoms with E-state index in [0.29, 0.717) is 11.8 Å². The Morgan fingerprint density at radius 2 is 1.14 bits per heavy atom. The van der Waals surface area contributed by atoms with Crippen molar-refractivity contribution in [2.24, 2.45) is 0 Å². The Morgan fingerprint density at radius 1 is 0.786 bits per heavy atom. The highest BCUT2D eigenvalue weighted by molar-refractivity contribution is 8.22. The van der Waals surface area contributed by atoms with E-state index in [1.165, 1.54) is 0 Å². The van der Waals surface area contributed by atoms with Crippen LogP contribution in [-0.2, 0) is 11.8 Å². The summed E-state index contributed by atoms with van der Waals surface area (Å²) in [5, 5.41) is 0. The van der Waals surface area contributed by atoms with Gasteiger partial charge in [-0.1, -0.05) is 60.1 Å². The fourth-order valence-corrected chi connectivity index (χ4v) is 6.11. The molecule has 0 bridgehead atoms. The number of thiocarbonyl (C=S) groups is 2. The van der Waals surface area contributed by atoms with Gasteiger partial charge in [-0.25, -0.2) is 0 Å². The van der Waals surface area contributed by atoms with E-state index in [4.69, 9.17) is 36.7 Å². The largest absolute Gasteiger partial charge is 0.358 e. The molecule has 1 aromatic heterocycles. The highest BCUT2D eigenvalue weighted by atomic mass is 32.2. The molecule has 0 unspecified atom stereocenters. The van der Waals surface area contributed by atoms with Crippen LogP contribution in [0.15, 0.2) is 24.3 Å². The molecular weight excluding hydrogens is 445 g/mol. The average molecular weight is 473 g/mol. The lowest BCUT2D eigenvalue weighted by Gasteiger charge is -2.21. The number of nitrogens with zero attached hydrogens (tertiary/aromatic N) is 4. The molecule has 0 aliphatic carbocycles. The van der Waals surface area contributed by atoms with Crippen LogP contribution in [-0.4, -0.2) is 53.8 Å². The van der Waals surface area contributed by atoms with E-state index >= 15 is 0 Å². The Labute approximate surface area is 192 Å². The SMILES string of the molecule is CCN(CC)C(=S)SCn1c(=S)n(CSC(=S)N(CC)CC)c2ccccc21. The van der Waals surface area contributed by atoms with Crippen LogP contribution in [0.4, 0.5) is 0 Å². The second kappa shape index (κ2) is 11.5. The van der Waals surface area contributed by atoms with Crippen LogP contribution < -0.4 is 0 Å². The highest BCUT2D eigenvalue weighted by Gasteiger charge is 2.14. The number of hydrogen-bond acceptors (Lipinski definition) is 5. The summed E-state index contributed by atoms with van der Waals surface area (Å²) in [4.78, 5) is 4.39. The third-order valence-electron chi connectivity index (χ3n) is 4.60. The zero-order chi connectivity index (χ0) is 20.7. The molecule has 0 aliphatic heterocycles. The lowest BCUT2D eigenvalue weighted by molar-refractivity contribution is 0.482. The van der Waals surface area contributed by atoms with Crippen LogP contribution in [0.5, 0.6) is 0 Å². The molecule has 0 spiro atoms. The summed E-state index contributed by atoms with van der Waals surface area (Å²) in [6, 6.07) is 8.35. The minimum atomic E-state index is 0.715. The molecule has 28 heavy (non-hydrogen) atoms. The molecule has 1 aromatic carbocycles. The third kappa shape index (κ3) is 5.50. The van der Waals surface area contributed by atoms with E-state index in [2.05, 4.69) is 70.9 Å².